The molecule has 2 atom stereocenters. The number of hydrogen-bond acceptors (Lipinski definition) is 4. The van der Waals surface area contributed by atoms with Gasteiger partial charge in [0.1, 0.15) is 29.3 Å². The number of fused-ring (bicyclic) bond motifs is 6. The maximum Gasteiger partial charge on any atom is 0.135 e. The average molecular weight is 580 g/mol. The van der Waals surface area contributed by atoms with Gasteiger partial charge in [0.05, 0.1) is 0 Å². The summed E-state index contributed by atoms with van der Waals surface area (Å²) < 4.78 is 6.42. The molecule has 1 aromatic heterocycles. The molecule has 2 heterocycles. The topological polar surface area (TPSA) is 49.6 Å². The second kappa shape index (κ2) is 10.5. The second-order valence-electron chi connectivity index (χ2n) is 11.6. The number of nitrogens with zero attached hydrogens (tertiary/aromatic N) is 1. The number of hydrogen-bond donors (Lipinski definition) is 2. The Balaban J connectivity index is 1.24. The van der Waals surface area contributed by atoms with Gasteiger partial charge in [0, 0.05) is 21.9 Å². The van der Waals surface area contributed by atoms with E-state index in [0.717, 1.165) is 50.0 Å². The summed E-state index contributed by atoms with van der Waals surface area (Å²) in [6, 6.07) is 53.3. The molecule has 2 unspecified atom stereocenters. The molecule has 7 aromatic carbocycles. The van der Waals surface area contributed by atoms with Crippen LogP contribution in [0.25, 0.3) is 54.6 Å². The van der Waals surface area contributed by atoms with E-state index in [1.807, 2.05) is 6.07 Å². The third kappa shape index (κ3) is 4.38. The van der Waals surface area contributed by atoms with Gasteiger partial charge < -0.3 is 9.73 Å². The van der Waals surface area contributed by atoms with E-state index in [1.165, 1.54) is 27.1 Å². The summed E-state index contributed by atoms with van der Waals surface area (Å²) >= 11 is 0. The first-order chi connectivity index (χ1) is 22.3. The van der Waals surface area contributed by atoms with Crippen LogP contribution < -0.4 is 10.6 Å². The fraction of sp³-hybridized carbons (Fsp3) is 0.0488. The zero-order chi connectivity index (χ0) is 29.7. The summed E-state index contributed by atoms with van der Waals surface area (Å²) in [6.45, 7) is 0. The lowest BCUT2D eigenvalue weighted by molar-refractivity contribution is 0.411. The van der Waals surface area contributed by atoms with Gasteiger partial charge in [-0.2, -0.15) is 0 Å². The van der Waals surface area contributed by atoms with Crippen molar-refractivity contribution in [2.24, 2.45) is 4.99 Å². The molecular formula is C41H29N3O. The van der Waals surface area contributed by atoms with Crippen molar-refractivity contribution in [1.29, 1.82) is 0 Å². The molecule has 0 bridgehead atoms. The Hall–Kier alpha value is -5.71. The molecule has 4 heteroatoms. The molecule has 9 rings (SSSR count). The minimum Gasteiger partial charge on any atom is -0.456 e. The first-order valence-electron chi connectivity index (χ1n) is 15.4. The van der Waals surface area contributed by atoms with Gasteiger partial charge in [0.2, 0.25) is 0 Å². The molecule has 45 heavy (non-hydrogen) atoms. The maximum absolute atomic E-state index is 6.42. The van der Waals surface area contributed by atoms with Crippen LogP contribution in [0.4, 0.5) is 0 Å². The molecule has 214 valence electrons. The highest BCUT2D eigenvalue weighted by Gasteiger charge is 2.28. The van der Waals surface area contributed by atoms with Crippen LogP contribution in [-0.2, 0) is 0 Å². The summed E-state index contributed by atoms with van der Waals surface area (Å²) in [6.07, 6.45) is -0.469. The van der Waals surface area contributed by atoms with Crippen molar-refractivity contribution in [2.75, 3.05) is 0 Å². The molecule has 0 aliphatic carbocycles. The number of nitrogens with one attached hydrogen (secondary N) is 2. The SMILES string of the molecule is c1ccc(-c2ccc3oc4cccc(C5NC(c6cc7ccccc7c7ccccc67)=NC(c6ccccc6)N5)c4c3c2)cc1. The third-order valence-electron chi connectivity index (χ3n) is 8.95. The lowest BCUT2D eigenvalue weighted by Gasteiger charge is -2.33. The van der Waals surface area contributed by atoms with Crippen LogP contribution in [0.2, 0.25) is 0 Å². The molecule has 0 spiro atoms. The summed E-state index contributed by atoms with van der Waals surface area (Å²) in [5.74, 6) is 0.865. The molecule has 0 saturated carbocycles. The molecule has 0 fully saturated rings. The van der Waals surface area contributed by atoms with E-state index in [-0.39, 0.29) is 12.3 Å². The van der Waals surface area contributed by atoms with E-state index in [2.05, 4.69) is 156 Å². The predicted molar refractivity (Wildman–Crippen MR) is 185 cm³/mol. The van der Waals surface area contributed by atoms with Crippen molar-refractivity contribution in [2.45, 2.75) is 12.3 Å². The normalized spacial score (nSPS) is 16.7. The minimum atomic E-state index is -0.244. The van der Waals surface area contributed by atoms with E-state index in [0.29, 0.717) is 0 Å². The summed E-state index contributed by atoms with van der Waals surface area (Å²) in [7, 11) is 0. The first kappa shape index (κ1) is 25.8. The molecular weight excluding hydrogens is 550 g/mol. The Bertz CT molecular complexity index is 2390. The Morgan fingerprint density at radius 1 is 0.533 bits per heavy atom. The van der Waals surface area contributed by atoms with Crippen molar-refractivity contribution in [3.05, 3.63) is 168 Å². The number of amidine groups is 1. The van der Waals surface area contributed by atoms with Crippen molar-refractivity contribution in [3.63, 3.8) is 0 Å². The zero-order valence-corrected chi connectivity index (χ0v) is 24.4. The highest BCUT2D eigenvalue weighted by Crippen LogP contribution is 2.38. The average Bonchev–Trinajstić information content (AvgIpc) is 3.50. The number of aliphatic imine (C=N–C) groups is 1. The van der Waals surface area contributed by atoms with Gasteiger partial charge in [-0.05, 0) is 62.5 Å². The number of rotatable bonds is 4. The lowest BCUT2D eigenvalue weighted by Crippen LogP contribution is -2.45. The van der Waals surface area contributed by atoms with Crippen LogP contribution in [0.5, 0.6) is 0 Å². The molecule has 1 aliphatic rings. The van der Waals surface area contributed by atoms with Gasteiger partial charge in [0.15, 0.2) is 0 Å². The Morgan fingerprint density at radius 3 is 2.11 bits per heavy atom. The number of furan rings is 1. The van der Waals surface area contributed by atoms with Crippen LogP contribution >= 0.6 is 0 Å². The Morgan fingerprint density at radius 2 is 1.27 bits per heavy atom. The standard InChI is InChI=1S/C41H29N3O/c1-3-12-26(13-4-1)28-22-23-36-35(24-28)38-33(20-11-21-37(38)45-36)40-42-39(27-14-5-2-6-15-27)43-41(44-40)34-25-29-16-7-8-17-30(29)31-18-9-10-19-32(31)34/h1-25,39-40,42H,(H,43,44). The molecule has 0 radical (unpaired) electrons. The van der Waals surface area contributed by atoms with E-state index in [1.54, 1.807) is 0 Å². The van der Waals surface area contributed by atoms with Crippen molar-refractivity contribution in [1.82, 2.24) is 10.6 Å². The summed E-state index contributed by atoms with van der Waals surface area (Å²) in [4.78, 5) is 5.31. The molecule has 0 amide bonds. The zero-order valence-electron chi connectivity index (χ0n) is 24.4. The monoisotopic (exact) mass is 579 g/mol. The maximum atomic E-state index is 6.42. The van der Waals surface area contributed by atoms with Gasteiger partial charge in [-0.3, -0.25) is 5.32 Å². The van der Waals surface area contributed by atoms with E-state index < -0.39 is 0 Å². The van der Waals surface area contributed by atoms with Crippen LogP contribution in [-0.4, -0.2) is 5.84 Å². The lowest BCUT2D eigenvalue weighted by atomic mass is 9.95. The largest absolute Gasteiger partial charge is 0.456 e. The Labute approximate surface area is 260 Å². The molecule has 0 saturated heterocycles. The molecule has 2 N–H and O–H groups in total. The van der Waals surface area contributed by atoms with Crippen molar-refractivity contribution < 1.29 is 4.42 Å². The van der Waals surface area contributed by atoms with Crippen molar-refractivity contribution >= 4 is 49.3 Å². The predicted octanol–water partition coefficient (Wildman–Crippen LogP) is 9.90. The van der Waals surface area contributed by atoms with Gasteiger partial charge in [-0.1, -0.05) is 127 Å². The fourth-order valence-corrected chi connectivity index (χ4v) is 6.82. The van der Waals surface area contributed by atoms with Crippen LogP contribution in [0.1, 0.15) is 29.0 Å². The van der Waals surface area contributed by atoms with Crippen molar-refractivity contribution in [3.8, 4) is 11.1 Å². The van der Waals surface area contributed by atoms with Crippen LogP contribution in [0.15, 0.2) is 161 Å². The highest BCUT2D eigenvalue weighted by molar-refractivity contribution is 6.19. The van der Waals surface area contributed by atoms with Crippen LogP contribution in [0, 0.1) is 0 Å². The molecule has 1 aliphatic heterocycles. The van der Waals surface area contributed by atoms with Gasteiger partial charge in [-0.15, -0.1) is 0 Å². The van der Waals surface area contributed by atoms with E-state index >= 15 is 0 Å². The minimum absolute atomic E-state index is 0.224. The van der Waals surface area contributed by atoms with E-state index in [4.69, 9.17) is 9.41 Å². The second-order valence-corrected chi connectivity index (χ2v) is 11.6. The quantitative estimate of drug-likeness (QED) is 0.204. The molecule has 4 nitrogen and oxygen atoms in total. The first-order valence-corrected chi connectivity index (χ1v) is 15.4. The van der Waals surface area contributed by atoms with E-state index in [9.17, 15) is 0 Å². The Kier molecular flexibility index (Phi) is 6.00. The number of benzene rings is 7. The van der Waals surface area contributed by atoms with Crippen LogP contribution in [0.3, 0.4) is 0 Å². The third-order valence-corrected chi connectivity index (χ3v) is 8.95. The highest BCUT2D eigenvalue weighted by atomic mass is 16.3. The summed E-state index contributed by atoms with van der Waals surface area (Å²) in [5, 5.41) is 14.7. The smallest absolute Gasteiger partial charge is 0.135 e. The van der Waals surface area contributed by atoms with Gasteiger partial charge >= 0.3 is 0 Å². The van der Waals surface area contributed by atoms with Gasteiger partial charge in [-0.25, -0.2) is 4.99 Å². The summed E-state index contributed by atoms with van der Waals surface area (Å²) in [5.41, 5.74) is 7.42. The fourth-order valence-electron chi connectivity index (χ4n) is 6.82. The molecule has 8 aromatic rings. The van der Waals surface area contributed by atoms with Gasteiger partial charge in [0.25, 0.3) is 0 Å².